The molecule has 3 aromatic carbocycles. The number of nitrogens with one attached hydrogen (secondary N) is 1. The van der Waals surface area contributed by atoms with Crippen molar-refractivity contribution in [1.29, 1.82) is 0 Å². The van der Waals surface area contributed by atoms with E-state index in [2.05, 4.69) is 11.9 Å². The number of amides is 1. The Hall–Kier alpha value is -3.14. The number of carbonyl (C=O) groups excluding carboxylic acids is 1. The number of benzene rings is 3. The Balaban J connectivity index is 2.27. The molecule has 2 N–H and O–H groups in total. The number of rotatable bonds is 4. The SMILES string of the molecule is C=CC(=O)NC(c1ccccc1F)c1c(O)ccc2ccccc12. The van der Waals surface area contributed by atoms with Gasteiger partial charge in [0.15, 0.2) is 0 Å². The minimum Gasteiger partial charge on any atom is -0.508 e. The molecule has 3 nitrogen and oxygen atoms in total. The van der Waals surface area contributed by atoms with E-state index in [1.807, 2.05) is 24.3 Å². The standard InChI is InChI=1S/C20H16FNO2/c1-2-18(24)22-20(15-9-5-6-10-16(15)21)19-14-8-4-3-7-13(14)11-12-17(19)23/h2-12,20,23H,1H2,(H,22,24). The minimum absolute atomic E-state index is 0.00804. The molecule has 4 heteroatoms. The monoisotopic (exact) mass is 321 g/mol. The smallest absolute Gasteiger partial charge is 0.244 e. The van der Waals surface area contributed by atoms with Crippen LogP contribution in [0.25, 0.3) is 10.8 Å². The number of phenolic OH excluding ortho intramolecular Hbond substituents is 1. The van der Waals surface area contributed by atoms with Gasteiger partial charge in [0.05, 0.1) is 6.04 Å². The maximum Gasteiger partial charge on any atom is 0.244 e. The Morgan fingerprint density at radius 2 is 1.79 bits per heavy atom. The molecule has 1 atom stereocenters. The van der Waals surface area contributed by atoms with E-state index in [4.69, 9.17) is 0 Å². The zero-order chi connectivity index (χ0) is 17.1. The maximum absolute atomic E-state index is 14.4. The largest absolute Gasteiger partial charge is 0.508 e. The van der Waals surface area contributed by atoms with Gasteiger partial charge >= 0.3 is 0 Å². The van der Waals surface area contributed by atoms with Crippen LogP contribution in [0.1, 0.15) is 17.2 Å². The lowest BCUT2D eigenvalue weighted by molar-refractivity contribution is -0.116. The van der Waals surface area contributed by atoms with Crippen LogP contribution in [0.4, 0.5) is 4.39 Å². The van der Waals surface area contributed by atoms with Crippen molar-refractivity contribution >= 4 is 16.7 Å². The summed E-state index contributed by atoms with van der Waals surface area (Å²) < 4.78 is 14.4. The second-order valence-corrected chi connectivity index (χ2v) is 5.39. The van der Waals surface area contributed by atoms with Crippen LogP contribution in [-0.2, 0) is 4.79 Å². The van der Waals surface area contributed by atoms with Crippen molar-refractivity contribution in [2.24, 2.45) is 0 Å². The van der Waals surface area contributed by atoms with Crippen LogP contribution in [0.5, 0.6) is 5.75 Å². The molecule has 24 heavy (non-hydrogen) atoms. The van der Waals surface area contributed by atoms with Gasteiger partial charge in [-0.15, -0.1) is 0 Å². The van der Waals surface area contributed by atoms with Gasteiger partial charge in [0.1, 0.15) is 11.6 Å². The average Bonchev–Trinajstić information content (AvgIpc) is 2.60. The lowest BCUT2D eigenvalue weighted by Gasteiger charge is -2.22. The highest BCUT2D eigenvalue weighted by Crippen LogP contribution is 2.36. The summed E-state index contributed by atoms with van der Waals surface area (Å²) in [5.41, 5.74) is 0.729. The highest BCUT2D eigenvalue weighted by atomic mass is 19.1. The van der Waals surface area contributed by atoms with Crippen molar-refractivity contribution in [3.8, 4) is 5.75 Å². The van der Waals surface area contributed by atoms with Gasteiger partial charge in [0.2, 0.25) is 5.91 Å². The Morgan fingerprint density at radius 3 is 2.54 bits per heavy atom. The van der Waals surface area contributed by atoms with E-state index >= 15 is 0 Å². The molecule has 3 aromatic rings. The average molecular weight is 321 g/mol. The molecular formula is C20H16FNO2. The predicted molar refractivity (Wildman–Crippen MR) is 92.2 cm³/mol. The van der Waals surface area contributed by atoms with Gasteiger partial charge in [-0.05, 0) is 29.0 Å². The fourth-order valence-electron chi connectivity index (χ4n) is 2.80. The van der Waals surface area contributed by atoms with Crippen LogP contribution in [0.3, 0.4) is 0 Å². The first-order valence-corrected chi connectivity index (χ1v) is 7.50. The van der Waals surface area contributed by atoms with Crippen molar-refractivity contribution in [1.82, 2.24) is 5.32 Å². The third kappa shape index (κ3) is 2.86. The van der Waals surface area contributed by atoms with Crippen molar-refractivity contribution < 1.29 is 14.3 Å². The van der Waals surface area contributed by atoms with Gasteiger partial charge in [-0.3, -0.25) is 4.79 Å². The Kier molecular flexibility index (Phi) is 4.29. The van der Waals surface area contributed by atoms with E-state index < -0.39 is 17.8 Å². The van der Waals surface area contributed by atoms with Crippen molar-refractivity contribution in [3.05, 3.63) is 90.3 Å². The lowest BCUT2D eigenvalue weighted by atomic mass is 9.92. The summed E-state index contributed by atoms with van der Waals surface area (Å²) in [6.07, 6.45) is 1.12. The summed E-state index contributed by atoms with van der Waals surface area (Å²) in [6, 6.07) is 16.1. The Labute approximate surface area is 139 Å². The lowest BCUT2D eigenvalue weighted by Crippen LogP contribution is -2.28. The molecule has 0 bridgehead atoms. The maximum atomic E-state index is 14.4. The molecule has 1 unspecified atom stereocenters. The summed E-state index contributed by atoms with van der Waals surface area (Å²) in [5, 5.41) is 14.8. The van der Waals surface area contributed by atoms with Gasteiger partial charge in [-0.25, -0.2) is 4.39 Å². The van der Waals surface area contributed by atoms with Crippen LogP contribution in [0, 0.1) is 5.82 Å². The first kappa shape index (κ1) is 15.7. The number of hydrogen-bond donors (Lipinski definition) is 2. The molecule has 0 spiro atoms. The highest BCUT2D eigenvalue weighted by Gasteiger charge is 2.24. The summed E-state index contributed by atoms with van der Waals surface area (Å²) in [5.74, 6) is -0.916. The van der Waals surface area contributed by atoms with Crippen LogP contribution in [0.2, 0.25) is 0 Å². The van der Waals surface area contributed by atoms with E-state index in [-0.39, 0.29) is 11.3 Å². The highest BCUT2D eigenvalue weighted by molar-refractivity contribution is 5.91. The Bertz CT molecular complexity index is 920. The zero-order valence-electron chi connectivity index (χ0n) is 12.9. The van der Waals surface area contributed by atoms with Crippen LogP contribution < -0.4 is 5.32 Å². The van der Waals surface area contributed by atoms with Gasteiger partial charge in [-0.1, -0.05) is 55.1 Å². The van der Waals surface area contributed by atoms with Gasteiger partial charge in [0.25, 0.3) is 0 Å². The molecule has 0 saturated heterocycles. The predicted octanol–water partition coefficient (Wildman–Crippen LogP) is 4.08. The first-order valence-electron chi connectivity index (χ1n) is 7.50. The van der Waals surface area contributed by atoms with E-state index in [1.165, 1.54) is 6.07 Å². The number of halogens is 1. The van der Waals surface area contributed by atoms with Crippen LogP contribution in [0.15, 0.2) is 73.3 Å². The molecule has 0 heterocycles. The molecule has 0 aliphatic rings. The second kappa shape index (κ2) is 6.54. The van der Waals surface area contributed by atoms with Crippen molar-refractivity contribution in [2.75, 3.05) is 0 Å². The van der Waals surface area contributed by atoms with E-state index in [0.717, 1.165) is 16.8 Å². The quantitative estimate of drug-likeness (QED) is 0.712. The molecule has 0 saturated carbocycles. The molecule has 0 fully saturated rings. The van der Waals surface area contributed by atoms with Gasteiger partial charge < -0.3 is 10.4 Å². The first-order chi connectivity index (χ1) is 11.6. The van der Waals surface area contributed by atoms with E-state index in [1.54, 1.807) is 30.3 Å². The molecule has 1 amide bonds. The zero-order valence-corrected chi connectivity index (χ0v) is 12.9. The molecule has 0 aromatic heterocycles. The van der Waals surface area contributed by atoms with Gasteiger partial charge in [0, 0.05) is 11.1 Å². The molecule has 0 aliphatic heterocycles. The fraction of sp³-hybridized carbons (Fsp3) is 0.0500. The Morgan fingerprint density at radius 1 is 1.08 bits per heavy atom. The van der Waals surface area contributed by atoms with Gasteiger partial charge in [-0.2, -0.15) is 0 Å². The number of hydrogen-bond acceptors (Lipinski definition) is 2. The summed E-state index contributed by atoms with van der Waals surface area (Å²) in [7, 11) is 0. The summed E-state index contributed by atoms with van der Waals surface area (Å²) in [6.45, 7) is 3.44. The second-order valence-electron chi connectivity index (χ2n) is 5.39. The number of aromatic hydroxyl groups is 1. The van der Waals surface area contributed by atoms with Crippen LogP contribution >= 0.6 is 0 Å². The molecule has 120 valence electrons. The van der Waals surface area contributed by atoms with E-state index in [9.17, 15) is 14.3 Å². The number of fused-ring (bicyclic) bond motifs is 1. The minimum atomic E-state index is -0.831. The van der Waals surface area contributed by atoms with Crippen molar-refractivity contribution in [2.45, 2.75) is 6.04 Å². The molecule has 3 rings (SSSR count). The fourth-order valence-corrected chi connectivity index (χ4v) is 2.80. The summed E-state index contributed by atoms with van der Waals surface area (Å²) in [4.78, 5) is 11.9. The molecule has 0 aliphatic carbocycles. The van der Waals surface area contributed by atoms with Crippen LogP contribution in [-0.4, -0.2) is 11.0 Å². The van der Waals surface area contributed by atoms with E-state index in [0.29, 0.717) is 5.56 Å². The molecular weight excluding hydrogens is 305 g/mol. The number of phenols is 1. The normalized spacial score (nSPS) is 11.9. The number of carbonyl (C=O) groups is 1. The molecule has 0 radical (unpaired) electrons. The summed E-state index contributed by atoms with van der Waals surface area (Å²) >= 11 is 0. The third-order valence-corrected chi connectivity index (χ3v) is 3.92. The topological polar surface area (TPSA) is 49.3 Å². The van der Waals surface area contributed by atoms with Crippen molar-refractivity contribution in [3.63, 3.8) is 0 Å². The third-order valence-electron chi connectivity index (χ3n) is 3.92.